The van der Waals surface area contributed by atoms with E-state index in [-0.39, 0.29) is 10.7 Å². The van der Waals surface area contributed by atoms with Gasteiger partial charge >= 0.3 is 0 Å². The first-order valence-corrected chi connectivity index (χ1v) is 6.22. The van der Waals surface area contributed by atoms with Crippen LogP contribution in [0.3, 0.4) is 0 Å². The molecule has 0 aliphatic carbocycles. The number of rotatable bonds is 4. The van der Waals surface area contributed by atoms with E-state index < -0.39 is 5.91 Å². The topological polar surface area (TPSA) is 92.7 Å². The number of nitrogens with one attached hydrogen (secondary N) is 2. The molecule has 2 N–H and O–H groups in total. The van der Waals surface area contributed by atoms with Crippen LogP contribution in [-0.2, 0) is 0 Å². The first-order chi connectivity index (χ1) is 8.70. The van der Waals surface area contributed by atoms with E-state index in [1.165, 1.54) is 0 Å². The van der Waals surface area contributed by atoms with Crippen molar-refractivity contribution in [2.45, 2.75) is 6.92 Å². The molecule has 0 aliphatic heterocycles. The van der Waals surface area contributed by atoms with Crippen molar-refractivity contribution in [3.8, 4) is 0 Å². The fourth-order valence-electron chi connectivity index (χ4n) is 1.22. The van der Waals surface area contributed by atoms with Crippen LogP contribution in [0.1, 0.15) is 17.4 Å². The zero-order chi connectivity index (χ0) is 13.0. The molecular formula is C9H9ClN6OS. The van der Waals surface area contributed by atoms with Crippen LogP contribution < -0.4 is 10.6 Å². The maximum atomic E-state index is 11.9. The number of pyridine rings is 1. The number of aromatic nitrogens is 4. The van der Waals surface area contributed by atoms with Gasteiger partial charge in [-0.1, -0.05) is 21.2 Å². The van der Waals surface area contributed by atoms with Gasteiger partial charge in [0.25, 0.3) is 5.91 Å². The average molecular weight is 285 g/mol. The molecule has 0 saturated heterocycles. The molecule has 0 atom stereocenters. The number of carbonyl (C=O) groups is 1. The Kier molecular flexibility index (Phi) is 4.00. The van der Waals surface area contributed by atoms with Crippen LogP contribution in [0.5, 0.6) is 0 Å². The third-order valence-corrected chi connectivity index (χ3v) is 2.76. The van der Waals surface area contributed by atoms with E-state index in [1.54, 1.807) is 12.1 Å². The monoisotopic (exact) mass is 284 g/mol. The fourth-order valence-corrected chi connectivity index (χ4v) is 1.77. The molecule has 1 amide bonds. The van der Waals surface area contributed by atoms with Crippen LogP contribution in [0.15, 0.2) is 12.1 Å². The number of halogens is 1. The number of hydrogen-bond donors (Lipinski definition) is 2. The fraction of sp³-hybridized carbons (Fsp3) is 0.222. The summed E-state index contributed by atoms with van der Waals surface area (Å²) in [7, 11) is 0. The molecule has 2 aromatic rings. The first kappa shape index (κ1) is 12.7. The van der Waals surface area contributed by atoms with Crippen LogP contribution in [-0.4, -0.2) is 32.2 Å². The Morgan fingerprint density at radius 3 is 3.00 bits per heavy atom. The minimum absolute atomic E-state index is 0.130. The van der Waals surface area contributed by atoms with Gasteiger partial charge < -0.3 is 5.32 Å². The van der Waals surface area contributed by atoms with Crippen molar-refractivity contribution >= 4 is 40.0 Å². The average Bonchev–Trinajstić information content (AvgIpc) is 2.84. The van der Waals surface area contributed by atoms with Crippen molar-refractivity contribution in [3.63, 3.8) is 0 Å². The first-order valence-electron chi connectivity index (χ1n) is 5.07. The van der Waals surface area contributed by atoms with Gasteiger partial charge in [0.05, 0.1) is 5.02 Å². The van der Waals surface area contributed by atoms with Gasteiger partial charge in [0.15, 0.2) is 0 Å². The van der Waals surface area contributed by atoms with Crippen molar-refractivity contribution in [2.24, 2.45) is 0 Å². The molecule has 9 heteroatoms. The van der Waals surface area contributed by atoms with Crippen LogP contribution >= 0.6 is 23.1 Å². The van der Waals surface area contributed by atoms with Gasteiger partial charge in [0.1, 0.15) is 11.5 Å². The van der Waals surface area contributed by atoms with Crippen LogP contribution in [0, 0.1) is 0 Å². The van der Waals surface area contributed by atoms with E-state index >= 15 is 0 Å². The highest BCUT2D eigenvalue weighted by Crippen LogP contribution is 2.18. The molecular weight excluding hydrogens is 276 g/mol. The van der Waals surface area contributed by atoms with E-state index in [2.05, 4.69) is 30.4 Å². The standard InChI is InChI=1S/C9H9ClN6OS/c1-2-11-6-4-3-5(10)7(12-6)8(17)13-9-14-15-16-18-9/h3-4H,2H2,1H3,(H,11,12)(H,13,14,16,17). The second-order valence-electron chi connectivity index (χ2n) is 3.18. The number of nitrogens with zero attached hydrogens (tertiary/aromatic N) is 4. The Labute approximate surface area is 112 Å². The summed E-state index contributed by atoms with van der Waals surface area (Å²) in [6, 6.07) is 3.31. The quantitative estimate of drug-likeness (QED) is 0.887. The molecule has 0 aliphatic rings. The van der Waals surface area contributed by atoms with Crippen LogP contribution in [0.25, 0.3) is 0 Å². The lowest BCUT2D eigenvalue weighted by atomic mass is 10.3. The summed E-state index contributed by atoms with van der Waals surface area (Å²) in [5.41, 5.74) is 0.130. The lowest BCUT2D eigenvalue weighted by Gasteiger charge is -2.06. The third kappa shape index (κ3) is 2.90. The lowest BCUT2D eigenvalue weighted by molar-refractivity contribution is 0.102. The summed E-state index contributed by atoms with van der Waals surface area (Å²) in [5, 5.41) is 13.1. The van der Waals surface area contributed by atoms with E-state index in [9.17, 15) is 4.79 Å². The largest absolute Gasteiger partial charge is 0.370 e. The zero-order valence-corrected chi connectivity index (χ0v) is 10.9. The predicted octanol–water partition coefficient (Wildman–Crippen LogP) is 1.67. The summed E-state index contributed by atoms with van der Waals surface area (Å²) in [5.74, 6) is 0.140. The normalized spacial score (nSPS) is 10.1. The number of anilines is 2. The second kappa shape index (κ2) is 5.69. The highest BCUT2D eigenvalue weighted by molar-refractivity contribution is 7.09. The summed E-state index contributed by atoms with van der Waals surface area (Å²) in [6.07, 6.45) is 0. The SMILES string of the molecule is CCNc1ccc(Cl)c(C(=O)Nc2nnns2)n1. The summed E-state index contributed by atoms with van der Waals surface area (Å²) < 4.78 is 3.54. The Hall–Kier alpha value is -1.80. The van der Waals surface area contributed by atoms with Crippen molar-refractivity contribution in [3.05, 3.63) is 22.8 Å². The number of hydrogen-bond acceptors (Lipinski definition) is 7. The van der Waals surface area contributed by atoms with Crippen LogP contribution in [0.4, 0.5) is 10.9 Å². The van der Waals surface area contributed by atoms with Crippen molar-refractivity contribution < 1.29 is 4.79 Å². The molecule has 94 valence electrons. The van der Waals surface area contributed by atoms with Crippen molar-refractivity contribution in [1.82, 2.24) is 19.8 Å². The Morgan fingerprint density at radius 2 is 2.33 bits per heavy atom. The zero-order valence-electron chi connectivity index (χ0n) is 9.35. The molecule has 0 fully saturated rings. The molecule has 0 radical (unpaired) electrons. The maximum Gasteiger partial charge on any atom is 0.277 e. The summed E-state index contributed by atoms with van der Waals surface area (Å²) in [6.45, 7) is 2.64. The molecule has 0 bridgehead atoms. The summed E-state index contributed by atoms with van der Waals surface area (Å²) >= 11 is 6.91. The van der Waals surface area contributed by atoms with Gasteiger partial charge in [0.2, 0.25) is 5.13 Å². The van der Waals surface area contributed by atoms with Crippen molar-refractivity contribution in [2.75, 3.05) is 17.2 Å². The van der Waals surface area contributed by atoms with E-state index in [4.69, 9.17) is 11.6 Å². The molecule has 18 heavy (non-hydrogen) atoms. The Balaban J connectivity index is 2.20. The number of carbonyl (C=O) groups excluding carboxylic acids is 1. The predicted molar refractivity (Wildman–Crippen MR) is 69.1 cm³/mol. The molecule has 2 rings (SSSR count). The van der Waals surface area contributed by atoms with E-state index in [0.717, 1.165) is 11.5 Å². The molecule has 0 unspecified atom stereocenters. The van der Waals surface area contributed by atoms with Gasteiger partial charge in [-0.2, -0.15) is 0 Å². The van der Waals surface area contributed by atoms with Crippen molar-refractivity contribution in [1.29, 1.82) is 0 Å². The van der Waals surface area contributed by atoms with E-state index in [1.807, 2.05) is 6.92 Å². The maximum absolute atomic E-state index is 11.9. The molecule has 0 saturated carbocycles. The molecule has 0 aromatic carbocycles. The minimum Gasteiger partial charge on any atom is -0.370 e. The molecule has 2 aromatic heterocycles. The lowest BCUT2D eigenvalue weighted by Crippen LogP contribution is -2.15. The second-order valence-corrected chi connectivity index (χ2v) is 4.32. The Morgan fingerprint density at radius 1 is 1.50 bits per heavy atom. The van der Waals surface area contributed by atoms with Gasteiger partial charge in [-0.25, -0.2) is 4.98 Å². The van der Waals surface area contributed by atoms with Gasteiger partial charge in [-0.15, -0.1) is 0 Å². The minimum atomic E-state index is -0.446. The van der Waals surface area contributed by atoms with Gasteiger partial charge in [-0.3, -0.25) is 10.1 Å². The highest BCUT2D eigenvalue weighted by Gasteiger charge is 2.14. The highest BCUT2D eigenvalue weighted by atomic mass is 35.5. The van der Waals surface area contributed by atoms with Crippen LogP contribution in [0.2, 0.25) is 5.02 Å². The third-order valence-electron chi connectivity index (χ3n) is 1.94. The smallest absolute Gasteiger partial charge is 0.277 e. The molecule has 2 heterocycles. The van der Waals surface area contributed by atoms with Gasteiger partial charge in [-0.05, 0) is 24.3 Å². The number of amides is 1. The Bertz CT molecular complexity index is 546. The summed E-state index contributed by atoms with van der Waals surface area (Å²) in [4.78, 5) is 16.0. The molecule has 7 nitrogen and oxygen atoms in total. The van der Waals surface area contributed by atoms with E-state index in [0.29, 0.717) is 17.5 Å². The molecule has 0 spiro atoms. The van der Waals surface area contributed by atoms with Gasteiger partial charge in [0, 0.05) is 18.1 Å².